The average molecular weight is 567 g/mol. The third-order valence-electron chi connectivity index (χ3n) is 5.90. The highest BCUT2D eigenvalue weighted by molar-refractivity contribution is 6.11. The smallest absolute Gasteiger partial charge is 0.404 e. The van der Waals surface area contributed by atoms with Gasteiger partial charge in [0.1, 0.15) is 5.52 Å². The molecule has 212 valence electrons. The molecule has 0 fully saturated rings. The Morgan fingerprint density at radius 3 is 2.38 bits per heavy atom. The van der Waals surface area contributed by atoms with Crippen LogP contribution in [-0.4, -0.2) is 39.6 Å². The van der Waals surface area contributed by atoms with Gasteiger partial charge >= 0.3 is 12.7 Å². The van der Waals surface area contributed by atoms with Crippen LogP contribution in [-0.2, 0) is 18.3 Å². The summed E-state index contributed by atoms with van der Waals surface area (Å²) in [5, 5.41) is 0.271. The van der Waals surface area contributed by atoms with E-state index in [1.807, 2.05) is 0 Å². The highest BCUT2D eigenvalue weighted by atomic mass is 19.4. The van der Waals surface area contributed by atoms with Crippen molar-refractivity contribution in [2.45, 2.75) is 19.2 Å². The molecule has 0 aliphatic carbocycles. The molecule has 0 atom stereocenters. The van der Waals surface area contributed by atoms with Crippen LogP contribution in [0, 0.1) is 0 Å². The number of aliphatic imine (C=N–C) groups is 1. The lowest BCUT2D eigenvalue weighted by molar-refractivity contribution is -0.325. The number of allylic oxidation sites excluding steroid dienone is 1. The number of hydrogen-bond acceptors (Lipinski definition) is 5. The van der Waals surface area contributed by atoms with Crippen molar-refractivity contribution in [2.75, 3.05) is 6.61 Å². The van der Waals surface area contributed by atoms with Crippen LogP contribution in [0.25, 0.3) is 38.7 Å². The zero-order valence-corrected chi connectivity index (χ0v) is 20.7. The molecule has 0 bridgehead atoms. The quantitative estimate of drug-likeness (QED) is 0.186. The van der Waals surface area contributed by atoms with Gasteiger partial charge in [-0.15, -0.1) is 26.3 Å². The third-order valence-corrected chi connectivity index (χ3v) is 5.90. The van der Waals surface area contributed by atoms with Crippen molar-refractivity contribution in [1.82, 2.24) is 14.1 Å². The Bertz CT molecular complexity index is 1720. The number of H-pyrrole nitrogens is 1. The van der Waals surface area contributed by atoms with Crippen molar-refractivity contribution >= 4 is 22.7 Å². The predicted octanol–water partition coefficient (Wildman–Crippen LogP) is 5.03. The number of nitrogens with zero attached hydrogens (tertiary/aromatic N) is 3. The first kappa shape index (κ1) is 28.4. The van der Waals surface area contributed by atoms with E-state index < -0.39 is 36.9 Å². The van der Waals surface area contributed by atoms with Gasteiger partial charge in [0.05, 0.1) is 6.61 Å². The standard InChI is InChI=1S/C26H21F6N5O3.H2/c1-36-13-20(18-9-21(35-23(18)24(36)39)16(11-33)12-34-25(27,28)29)17-10-22(38)37(7-8-40-26(30,31)32)14-19(17)15-5-3-2-4-6-15;/h2-6,9-14,35H,7-8,33H2,1H3;1H/b16-11+,34-12+;. The molecular formula is C26H23F6N5O3. The van der Waals surface area contributed by atoms with E-state index in [1.54, 1.807) is 30.3 Å². The van der Waals surface area contributed by atoms with Crippen molar-refractivity contribution in [1.29, 1.82) is 0 Å². The lowest BCUT2D eigenvalue weighted by Gasteiger charge is -2.16. The Kier molecular flexibility index (Phi) is 7.73. The van der Waals surface area contributed by atoms with Gasteiger partial charge in [-0.05, 0) is 17.2 Å². The number of halogens is 6. The lowest BCUT2D eigenvalue weighted by atomic mass is 9.95. The van der Waals surface area contributed by atoms with Crippen molar-refractivity contribution < 1.29 is 32.5 Å². The number of nitrogens with one attached hydrogen (secondary N) is 1. The van der Waals surface area contributed by atoms with E-state index in [0.29, 0.717) is 28.5 Å². The first-order valence-electron chi connectivity index (χ1n) is 11.5. The highest BCUT2D eigenvalue weighted by Crippen LogP contribution is 2.35. The summed E-state index contributed by atoms with van der Waals surface area (Å²) in [6.45, 7) is -1.19. The van der Waals surface area contributed by atoms with Crippen molar-refractivity contribution in [2.24, 2.45) is 17.8 Å². The maximum Gasteiger partial charge on any atom is 0.522 e. The van der Waals surface area contributed by atoms with Crippen LogP contribution in [0.1, 0.15) is 7.12 Å². The van der Waals surface area contributed by atoms with Gasteiger partial charge in [-0.1, -0.05) is 30.3 Å². The molecule has 3 aromatic heterocycles. The Hall–Kier alpha value is -4.59. The van der Waals surface area contributed by atoms with Crippen LogP contribution in [0.3, 0.4) is 0 Å². The van der Waals surface area contributed by atoms with Crippen molar-refractivity contribution in [3.63, 3.8) is 0 Å². The Morgan fingerprint density at radius 1 is 1.05 bits per heavy atom. The summed E-state index contributed by atoms with van der Waals surface area (Å²) >= 11 is 0. The van der Waals surface area contributed by atoms with Gasteiger partial charge in [-0.3, -0.25) is 14.3 Å². The number of pyridine rings is 2. The van der Waals surface area contributed by atoms with Crippen LogP contribution in [0.4, 0.5) is 26.3 Å². The third kappa shape index (κ3) is 6.34. The van der Waals surface area contributed by atoms with E-state index in [1.165, 1.54) is 36.1 Å². The van der Waals surface area contributed by atoms with Crippen LogP contribution in [0.15, 0.2) is 75.6 Å². The molecule has 4 rings (SSSR count). The molecule has 3 N–H and O–H groups in total. The van der Waals surface area contributed by atoms with E-state index >= 15 is 0 Å². The van der Waals surface area contributed by atoms with E-state index in [-0.39, 0.29) is 23.6 Å². The molecule has 0 saturated heterocycles. The van der Waals surface area contributed by atoms with Gasteiger partial charge in [0.15, 0.2) is 0 Å². The number of aromatic amines is 1. The molecule has 40 heavy (non-hydrogen) atoms. The van der Waals surface area contributed by atoms with Gasteiger partial charge in [0, 0.05) is 73.7 Å². The summed E-state index contributed by atoms with van der Waals surface area (Å²) in [4.78, 5) is 31.2. The first-order valence-corrected chi connectivity index (χ1v) is 11.5. The number of alkyl halides is 6. The van der Waals surface area contributed by atoms with Crippen LogP contribution < -0.4 is 16.9 Å². The summed E-state index contributed by atoms with van der Waals surface area (Å²) in [5.74, 6) is 0. The first-order chi connectivity index (χ1) is 18.8. The highest BCUT2D eigenvalue weighted by Gasteiger charge is 2.29. The SMILES string of the molecule is Cn1cc(-c2cc(=O)n(CCOC(F)(F)F)cc2-c2ccccc2)c2cc(C(=C/N)/C=N/C(F)(F)F)[nH]c2c1=O.[HH]. The molecule has 0 radical (unpaired) electrons. The number of aryl methyl sites for hydroxylation is 1. The number of rotatable bonds is 7. The molecule has 0 saturated carbocycles. The molecule has 1 aromatic carbocycles. The number of hydrogen-bond donors (Lipinski definition) is 2. The number of benzene rings is 1. The minimum atomic E-state index is -4.86. The van der Waals surface area contributed by atoms with E-state index in [0.717, 1.165) is 10.8 Å². The lowest BCUT2D eigenvalue weighted by Crippen LogP contribution is -2.24. The number of nitrogens with two attached hydrogens (primary N) is 1. The minimum Gasteiger partial charge on any atom is -0.404 e. The normalized spacial score (nSPS) is 13.0. The second-order valence-electron chi connectivity index (χ2n) is 8.57. The molecule has 0 amide bonds. The van der Waals surface area contributed by atoms with Gasteiger partial charge in [-0.2, -0.15) is 4.99 Å². The second kappa shape index (κ2) is 10.9. The molecule has 0 unspecified atom stereocenters. The zero-order chi connectivity index (χ0) is 29.2. The number of aromatic nitrogens is 3. The molecule has 3 heterocycles. The maximum atomic E-state index is 13.0. The molecule has 4 aromatic rings. The second-order valence-corrected chi connectivity index (χ2v) is 8.57. The molecule has 0 aliphatic rings. The van der Waals surface area contributed by atoms with E-state index in [4.69, 9.17) is 5.73 Å². The average Bonchev–Trinajstić information content (AvgIpc) is 3.32. The summed E-state index contributed by atoms with van der Waals surface area (Å²) in [6, 6.07) is 11.3. The monoisotopic (exact) mass is 567 g/mol. The van der Waals surface area contributed by atoms with Gasteiger partial charge in [0.2, 0.25) is 0 Å². The fourth-order valence-corrected chi connectivity index (χ4v) is 4.13. The zero-order valence-electron chi connectivity index (χ0n) is 20.7. The Balaban J connectivity index is 0.00000462. The fourth-order valence-electron chi connectivity index (χ4n) is 4.13. The van der Waals surface area contributed by atoms with E-state index in [9.17, 15) is 35.9 Å². The predicted molar refractivity (Wildman–Crippen MR) is 140 cm³/mol. The van der Waals surface area contributed by atoms with Crippen molar-refractivity contribution in [3.8, 4) is 22.3 Å². The van der Waals surface area contributed by atoms with Crippen LogP contribution >= 0.6 is 0 Å². The molecule has 8 nitrogen and oxygen atoms in total. The van der Waals surface area contributed by atoms with Gasteiger partial charge in [-0.25, -0.2) is 0 Å². The molecule has 0 aliphatic heterocycles. The summed E-state index contributed by atoms with van der Waals surface area (Å²) in [7, 11) is 1.45. The maximum absolute atomic E-state index is 13.0. The minimum absolute atomic E-state index is 0. The van der Waals surface area contributed by atoms with E-state index in [2.05, 4.69) is 14.7 Å². The molecular weight excluding hydrogens is 544 g/mol. The summed E-state index contributed by atoms with van der Waals surface area (Å²) in [6.07, 6.45) is -5.46. The largest absolute Gasteiger partial charge is 0.522 e. The summed E-state index contributed by atoms with van der Waals surface area (Å²) < 4.78 is 81.5. The van der Waals surface area contributed by atoms with Gasteiger partial charge < -0.3 is 19.9 Å². The molecule has 14 heteroatoms. The number of ether oxygens (including phenoxy) is 1. The Morgan fingerprint density at radius 2 is 1.75 bits per heavy atom. The Labute approximate surface area is 223 Å². The number of fused-ring (bicyclic) bond motifs is 1. The van der Waals surface area contributed by atoms with Crippen LogP contribution in [0.5, 0.6) is 0 Å². The topological polar surface area (TPSA) is 107 Å². The fraction of sp³-hybridized carbons (Fsp3) is 0.192. The summed E-state index contributed by atoms with van der Waals surface area (Å²) in [5.41, 5.74) is 6.07. The molecule has 0 spiro atoms. The van der Waals surface area contributed by atoms with Crippen LogP contribution in [0.2, 0.25) is 0 Å². The van der Waals surface area contributed by atoms with Gasteiger partial charge in [0.25, 0.3) is 11.1 Å². The van der Waals surface area contributed by atoms with Crippen molar-refractivity contribution in [3.05, 3.63) is 87.5 Å².